The molecule has 5 nitrogen and oxygen atoms in total. The van der Waals surface area contributed by atoms with E-state index in [0.29, 0.717) is 18.9 Å². The highest BCUT2D eigenvalue weighted by Gasteiger charge is 2.29. The molecule has 0 spiro atoms. The van der Waals surface area contributed by atoms with E-state index in [1.807, 2.05) is 11.0 Å². The molecule has 3 rings (SSSR count). The Morgan fingerprint density at radius 2 is 1.91 bits per heavy atom. The van der Waals surface area contributed by atoms with Crippen LogP contribution in [0.3, 0.4) is 0 Å². The zero-order valence-corrected chi connectivity index (χ0v) is 12.8. The second kappa shape index (κ2) is 6.81. The second-order valence-corrected chi connectivity index (χ2v) is 6.20. The van der Waals surface area contributed by atoms with Gasteiger partial charge in [0.1, 0.15) is 6.04 Å². The average molecular weight is 301 g/mol. The average Bonchev–Trinajstić information content (AvgIpc) is 2.94. The van der Waals surface area contributed by atoms with Crippen LogP contribution < -0.4 is 10.6 Å². The van der Waals surface area contributed by atoms with Gasteiger partial charge in [-0.25, -0.2) is 4.79 Å². The summed E-state index contributed by atoms with van der Waals surface area (Å²) in [5, 5.41) is 5.58. The van der Waals surface area contributed by atoms with Gasteiger partial charge in [-0.1, -0.05) is 30.3 Å². The Hall–Kier alpha value is -2.04. The van der Waals surface area contributed by atoms with Crippen LogP contribution >= 0.6 is 0 Å². The van der Waals surface area contributed by atoms with Gasteiger partial charge in [0.15, 0.2) is 0 Å². The Balaban J connectivity index is 1.45. The molecule has 1 aromatic rings. The van der Waals surface area contributed by atoms with Crippen molar-refractivity contribution in [1.29, 1.82) is 0 Å². The highest BCUT2D eigenvalue weighted by Crippen LogP contribution is 2.21. The quantitative estimate of drug-likeness (QED) is 0.889. The van der Waals surface area contributed by atoms with E-state index in [1.165, 1.54) is 5.56 Å². The monoisotopic (exact) mass is 301 g/mol. The number of carbonyl (C=O) groups excluding carboxylic acids is 2. The van der Waals surface area contributed by atoms with Gasteiger partial charge in [-0.15, -0.1) is 0 Å². The fraction of sp³-hybridized carbons (Fsp3) is 0.529. The first-order valence-electron chi connectivity index (χ1n) is 8.09. The van der Waals surface area contributed by atoms with Gasteiger partial charge < -0.3 is 15.5 Å². The summed E-state index contributed by atoms with van der Waals surface area (Å²) in [6.07, 6.45) is 3.83. The third kappa shape index (κ3) is 3.59. The van der Waals surface area contributed by atoms with Crippen molar-refractivity contribution >= 4 is 11.9 Å². The number of piperidine rings is 1. The summed E-state index contributed by atoms with van der Waals surface area (Å²) >= 11 is 0. The van der Waals surface area contributed by atoms with Crippen LogP contribution in [0.15, 0.2) is 30.3 Å². The summed E-state index contributed by atoms with van der Waals surface area (Å²) in [7, 11) is 0. The first kappa shape index (κ1) is 14.9. The number of hydrogen-bond donors (Lipinski definition) is 2. The van der Waals surface area contributed by atoms with Gasteiger partial charge >= 0.3 is 6.03 Å². The predicted octanol–water partition coefficient (Wildman–Crippen LogP) is 1.54. The van der Waals surface area contributed by atoms with E-state index in [1.54, 1.807) is 0 Å². The summed E-state index contributed by atoms with van der Waals surface area (Å²) < 4.78 is 0. The fourth-order valence-corrected chi connectivity index (χ4v) is 3.26. The molecule has 3 amide bonds. The van der Waals surface area contributed by atoms with Gasteiger partial charge in [-0.3, -0.25) is 4.79 Å². The first-order valence-corrected chi connectivity index (χ1v) is 8.09. The summed E-state index contributed by atoms with van der Waals surface area (Å²) in [5.41, 5.74) is 1.37. The van der Waals surface area contributed by atoms with E-state index in [-0.39, 0.29) is 18.0 Å². The molecule has 0 radical (unpaired) electrons. The van der Waals surface area contributed by atoms with Crippen LogP contribution in [-0.2, 0) is 11.2 Å². The van der Waals surface area contributed by atoms with Crippen molar-refractivity contribution in [2.45, 2.75) is 31.7 Å². The molecule has 2 fully saturated rings. The molecular weight excluding hydrogens is 278 g/mol. The number of urea groups is 1. The number of likely N-dealkylation sites (tertiary alicyclic amines) is 1. The lowest BCUT2D eigenvalue weighted by molar-refractivity contribution is -0.120. The van der Waals surface area contributed by atoms with Crippen LogP contribution in [0.25, 0.3) is 0 Å². The van der Waals surface area contributed by atoms with E-state index in [4.69, 9.17) is 0 Å². The number of rotatable bonds is 3. The molecule has 5 heteroatoms. The number of nitrogens with one attached hydrogen (secondary N) is 2. The predicted molar refractivity (Wildman–Crippen MR) is 84.4 cm³/mol. The van der Waals surface area contributed by atoms with Gasteiger partial charge in [0, 0.05) is 19.6 Å². The van der Waals surface area contributed by atoms with Crippen LogP contribution in [-0.4, -0.2) is 42.5 Å². The standard InChI is InChI=1S/C17H23N3O2/c21-16-15(6-9-18-16)19-17(22)20-10-7-14(8-11-20)12-13-4-2-1-3-5-13/h1-5,14-15H,6-12H2,(H,18,21)(H,19,22). The zero-order valence-electron chi connectivity index (χ0n) is 12.8. The lowest BCUT2D eigenvalue weighted by Crippen LogP contribution is -2.49. The molecule has 2 heterocycles. The molecule has 2 N–H and O–H groups in total. The molecular formula is C17H23N3O2. The molecule has 1 atom stereocenters. The molecule has 0 bridgehead atoms. The van der Waals surface area contributed by atoms with Crippen molar-refractivity contribution in [2.75, 3.05) is 19.6 Å². The normalized spacial score (nSPS) is 22.5. The minimum absolute atomic E-state index is 0.0627. The molecule has 1 aromatic carbocycles. The van der Waals surface area contributed by atoms with E-state index in [9.17, 15) is 9.59 Å². The highest BCUT2D eigenvalue weighted by molar-refractivity contribution is 5.88. The molecule has 0 aromatic heterocycles. The fourth-order valence-electron chi connectivity index (χ4n) is 3.26. The maximum atomic E-state index is 12.2. The maximum absolute atomic E-state index is 12.2. The Kier molecular flexibility index (Phi) is 4.61. The summed E-state index contributed by atoms with van der Waals surface area (Å²) in [4.78, 5) is 25.5. The molecule has 0 aliphatic carbocycles. The summed E-state index contributed by atoms with van der Waals surface area (Å²) in [6.45, 7) is 2.21. The van der Waals surface area contributed by atoms with Crippen molar-refractivity contribution in [3.8, 4) is 0 Å². The number of nitrogens with zero attached hydrogens (tertiary/aromatic N) is 1. The van der Waals surface area contributed by atoms with Crippen molar-refractivity contribution in [2.24, 2.45) is 5.92 Å². The van der Waals surface area contributed by atoms with E-state index in [0.717, 1.165) is 32.4 Å². The Bertz CT molecular complexity index is 524. The Morgan fingerprint density at radius 3 is 2.55 bits per heavy atom. The molecule has 2 saturated heterocycles. The van der Waals surface area contributed by atoms with Gasteiger partial charge in [0.2, 0.25) is 5.91 Å². The van der Waals surface area contributed by atoms with Gasteiger partial charge in [0.05, 0.1) is 0 Å². The molecule has 0 saturated carbocycles. The number of carbonyl (C=O) groups is 2. The Morgan fingerprint density at radius 1 is 1.18 bits per heavy atom. The lowest BCUT2D eigenvalue weighted by atomic mass is 9.90. The Labute approximate surface area is 131 Å². The smallest absolute Gasteiger partial charge is 0.318 e. The number of amides is 3. The van der Waals surface area contributed by atoms with E-state index in [2.05, 4.69) is 34.9 Å². The van der Waals surface area contributed by atoms with Crippen LogP contribution in [0, 0.1) is 5.92 Å². The summed E-state index contributed by atoms with van der Waals surface area (Å²) in [5.74, 6) is 0.577. The van der Waals surface area contributed by atoms with E-state index < -0.39 is 0 Å². The van der Waals surface area contributed by atoms with Crippen molar-refractivity contribution < 1.29 is 9.59 Å². The maximum Gasteiger partial charge on any atom is 0.318 e. The topological polar surface area (TPSA) is 61.4 Å². The molecule has 2 aliphatic rings. The zero-order chi connectivity index (χ0) is 15.4. The van der Waals surface area contributed by atoms with Crippen molar-refractivity contribution in [3.05, 3.63) is 35.9 Å². The van der Waals surface area contributed by atoms with Crippen molar-refractivity contribution in [1.82, 2.24) is 15.5 Å². The van der Waals surface area contributed by atoms with Crippen LogP contribution in [0.1, 0.15) is 24.8 Å². The summed E-state index contributed by atoms with van der Waals surface area (Å²) in [6, 6.07) is 10.1. The molecule has 118 valence electrons. The van der Waals surface area contributed by atoms with Gasteiger partial charge in [-0.2, -0.15) is 0 Å². The minimum Gasteiger partial charge on any atom is -0.354 e. The number of hydrogen-bond acceptors (Lipinski definition) is 2. The molecule has 2 aliphatic heterocycles. The lowest BCUT2D eigenvalue weighted by Gasteiger charge is -2.32. The van der Waals surface area contributed by atoms with Crippen LogP contribution in [0.2, 0.25) is 0 Å². The second-order valence-electron chi connectivity index (χ2n) is 6.20. The SMILES string of the molecule is O=C1NCCC1NC(=O)N1CCC(Cc2ccccc2)CC1. The number of benzene rings is 1. The van der Waals surface area contributed by atoms with Crippen LogP contribution in [0.4, 0.5) is 4.79 Å². The van der Waals surface area contributed by atoms with Crippen LogP contribution in [0.5, 0.6) is 0 Å². The minimum atomic E-state index is -0.352. The van der Waals surface area contributed by atoms with Gasteiger partial charge in [-0.05, 0) is 37.2 Å². The third-order valence-electron chi connectivity index (χ3n) is 4.62. The molecule has 22 heavy (non-hydrogen) atoms. The van der Waals surface area contributed by atoms with Gasteiger partial charge in [0.25, 0.3) is 0 Å². The highest BCUT2D eigenvalue weighted by atomic mass is 16.2. The van der Waals surface area contributed by atoms with Crippen molar-refractivity contribution in [3.63, 3.8) is 0 Å². The molecule has 1 unspecified atom stereocenters. The first-order chi connectivity index (χ1) is 10.7. The largest absolute Gasteiger partial charge is 0.354 e. The van der Waals surface area contributed by atoms with E-state index >= 15 is 0 Å². The third-order valence-corrected chi connectivity index (χ3v) is 4.62.